The van der Waals surface area contributed by atoms with E-state index in [-0.39, 0.29) is 53.2 Å². The lowest BCUT2D eigenvalue weighted by molar-refractivity contribution is -0.136. The van der Waals surface area contributed by atoms with Gasteiger partial charge in [-0.25, -0.2) is 19.8 Å². The molecule has 67 heavy (non-hydrogen) atoms. The van der Waals surface area contributed by atoms with Crippen molar-refractivity contribution in [2.24, 2.45) is 17.6 Å². The van der Waals surface area contributed by atoms with Gasteiger partial charge in [0.05, 0.1) is 18.2 Å². The van der Waals surface area contributed by atoms with Crippen molar-refractivity contribution >= 4 is 56.7 Å². The number of likely N-dealkylation sites (tertiary alicyclic amines) is 1. The number of aliphatic hydroxyl groups excluding tert-OH is 1. The first-order valence-corrected chi connectivity index (χ1v) is 27.6. The van der Waals surface area contributed by atoms with E-state index in [0.717, 1.165) is 13.5 Å². The van der Waals surface area contributed by atoms with E-state index in [2.05, 4.69) is 80.6 Å². The average Bonchev–Trinajstić information content (AvgIpc) is 4.14. The number of carbonyl (C=O) groups excluding carboxylic acids is 4. The molecule has 2 heterocycles. The number of fused-ring (bicyclic) bond motifs is 1. The Balaban J connectivity index is 0.000000600. The number of allylic oxidation sites excluding steroid dienone is 2. The summed E-state index contributed by atoms with van der Waals surface area (Å²) in [5.74, 6) is 0.704. The Labute approximate surface area is 409 Å². The molecule has 1 aliphatic heterocycles. The molecule has 1 aromatic heterocycles. The molecule has 0 radical (unpaired) electrons. The number of ether oxygens (including phenoxy) is 3. The highest BCUT2D eigenvalue weighted by molar-refractivity contribution is 8.33. The number of phenols is 1. The van der Waals surface area contributed by atoms with Crippen LogP contribution in [-0.2, 0) is 19.1 Å². The summed E-state index contributed by atoms with van der Waals surface area (Å²) in [5.41, 5.74) is 5.94. The molecule has 16 heteroatoms. The Morgan fingerprint density at radius 3 is 2.16 bits per heavy atom. The van der Waals surface area contributed by atoms with E-state index < -0.39 is 35.7 Å². The molecule has 0 spiro atoms. The maximum Gasteiger partial charge on any atom is 0.408 e. The predicted octanol–water partition coefficient (Wildman–Crippen LogP) is 9.97. The number of aromatic nitrogens is 1. The number of pyridine rings is 1. The minimum Gasteiger partial charge on any atom is -0.508 e. The maximum absolute atomic E-state index is 12.8. The van der Waals surface area contributed by atoms with Gasteiger partial charge in [0.1, 0.15) is 35.8 Å². The molecule has 4 atom stereocenters. The van der Waals surface area contributed by atoms with Gasteiger partial charge in [-0.1, -0.05) is 73.0 Å². The molecule has 3 fully saturated rings. The Kier molecular flexibility index (Phi) is 25.5. The third-order valence-corrected chi connectivity index (χ3v) is 16.3. The molecule has 3 aliphatic rings. The van der Waals surface area contributed by atoms with Gasteiger partial charge in [0, 0.05) is 41.2 Å². The fraction of sp³-hybridized carbons (Fsp3) is 0.706. The van der Waals surface area contributed by atoms with Gasteiger partial charge in [-0.3, -0.25) is 19.1 Å². The lowest BCUT2D eigenvalue weighted by Gasteiger charge is -2.40. The summed E-state index contributed by atoms with van der Waals surface area (Å²) in [4.78, 5) is 54.6. The van der Waals surface area contributed by atoms with Crippen LogP contribution < -0.4 is 25.2 Å². The van der Waals surface area contributed by atoms with E-state index in [9.17, 15) is 24.3 Å². The van der Waals surface area contributed by atoms with Crippen LogP contribution in [0.2, 0.25) is 0 Å². The lowest BCUT2D eigenvalue weighted by atomic mass is 10.1. The predicted molar refractivity (Wildman–Crippen MR) is 279 cm³/mol. The Bertz CT molecular complexity index is 1890. The second-order valence-electron chi connectivity index (χ2n) is 20.3. The van der Waals surface area contributed by atoms with Crippen molar-refractivity contribution in [1.82, 2.24) is 19.9 Å². The summed E-state index contributed by atoms with van der Waals surface area (Å²) < 4.78 is 21.1. The Hall–Kier alpha value is -3.89. The first-order valence-electron chi connectivity index (χ1n) is 23.9. The SMILES string of the molecule is CC.CC(C)(C)S(C)(C)C.CCCCCC/C=C\C1CC1C(=O)NSC1(C)CC1.CO.Cc1c(O)ccc2c(O[C@@H]3CC(C(N)=O)N(C(=O)CNC(=O)OC(C)(C)C)C3)cc(OC(C)C)nc12. The van der Waals surface area contributed by atoms with Crippen LogP contribution in [0.1, 0.15) is 146 Å². The van der Waals surface area contributed by atoms with E-state index >= 15 is 0 Å². The minimum absolute atomic E-state index is 0.0870. The maximum atomic E-state index is 12.8. The number of carbonyl (C=O) groups is 4. The zero-order valence-electron chi connectivity index (χ0n) is 44.1. The van der Waals surface area contributed by atoms with Crippen molar-refractivity contribution in [3.8, 4) is 17.4 Å². The molecule has 1 aromatic carbocycles. The molecule has 0 bridgehead atoms. The van der Waals surface area contributed by atoms with Gasteiger partial charge in [0.2, 0.25) is 23.6 Å². The average molecular weight is 980 g/mol. The van der Waals surface area contributed by atoms with E-state index in [1.165, 1.54) is 49.8 Å². The highest BCUT2D eigenvalue weighted by Crippen LogP contribution is 2.49. The quantitative estimate of drug-likeness (QED) is 0.0609. The number of aryl methyl sites for hydroxylation is 1. The van der Waals surface area contributed by atoms with Crippen LogP contribution in [0.4, 0.5) is 4.79 Å². The number of primary amides is 1. The number of nitrogens with one attached hydrogen (secondary N) is 2. The number of aliphatic hydroxyl groups is 1. The molecule has 384 valence electrons. The summed E-state index contributed by atoms with van der Waals surface area (Å²) in [6.07, 6.45) is 20.3. The summed E-state index contributed by atoms with van der Waals surface area (Å²) >= 11 is 1.64. The molecule has 14 nitrogen and oxygen atoms in total. The zero-order chi connectivity index (χ0) is 51.5. The number of alkyl carbamates (subject to hydrolysis) is 1. The number of amides is 4. The third kappa shape index (κ3) is 22.0. The lowest BCUT2D eigenvalue weighted by Crippen LogP contribution is -2.48. The standard InChI is InChI=1S/C25H34N4O7.C16H27NOS.C7H18S.C2H6.CH4O/c1-13(2)34-20-10-19(16-7-8-18(30)14(3)22(16)28-20)35-15-9-17(23(26)32)29(12-15)21(31)11-27-24(33)36-25(4,5)6;1-3-4-5-6-7-8-9-13-12-14(13)15(18)17-19-16(2)10-11-16;1-7(2,3)8(4,5)6;2*1-2/h7-8,10,13,15,17,30H,9,11-12H2,1-6H3,(H2,26,32)(H,27,33);8-9,13-14H,3-7,10-12H2,1-2H3,(H,17,18);1-6H3;1-2H3;2H,1H3/b;9-8-;;;/t15-,17?;;;;/m1..../s1. The molecule has 2 saturated carbocycles. The van der Waals surface area contributed by atoms with E-state index in [1.807, 2.05) is 27.7 Å². The number of rotatable bonds is 16. The van der Waals surface area contributed by atoms with Crippen LogP contribution >= 0.6 is 22.0 Å². The fourth-order valence-electron chi connectivity index (χ4n) is 6.15. The molecule has 5 rings (SSSR count). The molecule has 2 aliphatic carbocycles. The molecule has 1 saturated heterocycles. The highest BCUT2D eigenvalue weighted by Gasteiger charge is 2.44. The van der Waals surface area contributed by atoms with Gasteiger partial charge < -0.3 is 40.4 Å². The van der Waals surface area contributed by atoms with Gasteiger partial charge in [-0.15, -0.1) is 0 Å². The van der Waals surface area contributed by atoms with Crippen LogP contribution in [0.5, 0.6) is 17.4 Å². The fourth-order valence-corrected chi connectivity index (χ4v) is 6.96. The first kappa shape index (κ1) is 61.1. The van der Waals surface area contributed by atoms with Crippen molar-refractivity contribution in [2.75, 3.05) is 39.0 Å². The second-order valence-corrected chi connectivity index (χ2v) is 26.6. The van der Waals surface area contributed by atoms with Crippen molar-refractivity contribution in [3.63, 3.8) is 0 Å². The van der Waals surface area contributed by atoms with E-state index in [4.69, 9.17) is 25.1 Å². The van der Waals surface area contributed by atoms with Crippen LogP contribution in [0.25, 0.3) is 10.9 Å². The molecular formula is C51H89N5O9S2. The smallest absolute Gasteiger partial charge is 0.408 e. The van der Waals surface area contributed by atoms with Gasteiger partial charge in [-0.05, 0) is 134 Å². The highest BCUT2D eigenvalue weighted by atomic mass is 32.3. The topological polar surface area (TPSA) is 203 Å². The monoisotopic (exact) mass is 980 g/mol. The van der Waals surface area contributed by atoms with Gasteiger partial charge in [0.25, 0.3) is 0 Å². The van der Waals surface area contributed by atoms with Crippen LogP contribution in [0.3, 0.4) is 0 Å². The number of nitrogens with zero attached hydrogens (tertiary/aromatic N) is 2. The summed E-state index contributed by atoms with van der Waals surface area (Å²) in [6.45, 7) is 25.7. The van der Waals surface area contributed by atoms with Gasteiger partial charge in [0.15, 0.2) is 0 Å². The van der Waals surface area contributed by atoms with Crippen molar-refractivity contribution < 1.29 is 43.6 Å². The summed E-state index contributed by atoms with van der Waals surface area (Å²) in [7, 11) is 0.660. The number of benzene rings is 1. The second kappa shape index (κ2) is 27.9. The largest absolute Gasteiger partial charge is 0.508 e. The number of phenolic OH excluding ortho intramolecular Hbond substituents is 1. The van der Waals surface area contributed by atoms with Gasteiger partial charge in [-0.2, -0.15) is 0 Å². The Morgan fingerprint density at radius 1 is 1.03 bits per heavy atom. The van der Waals surface area contributed by atoms with Crippen molar-refractivity contribution in [3.05, 3.63) is 35.9 Å². The van der Waals surface area contributed by atoms with Crippen LogP contribution in [0.15, 0.2) is 30.4 Å². The minimum atomic E-state index is -0.895. The van der Waals surface area contributed by atoms with Crippen LogP contribution in [-0.4, -0.2) is 116 Å². The number of hydrogen-bond acceptors (Lipinski definition) is 11. The van der Waals surface area contributed by atoms with Crippen molar-refractivity contribution in [2.45, 2.75) is 181 Å². The molecule has 6 N–H and O–H groups in total. The van der Waals surface area contributed by atoms with E-state index in [0.29, 0.717) is 43.5 Å². The molecule has 2 aromatic rings. The zero-order valence-corrected chi connectivity index (χ0v) is 45.7. The van der Waals surface area contributed by atoms with E-state index in [1.54, 1.807) is 57.8 Å². The van der Waals surface area contributed by atoms with Gasteiger partial charge >= 0.3 is 6.09 Å². The number of aromatic hydroxyl groups is 1. The number of hydrogen-bond donors (Lipinski definition) is 5. The third-order valence-electron chi connectivity index (χ3n) is 11.5. The Morgan fingerprint density at radius 2 is 1.64 bits per heavy atom. The summed E-state index contributed by atoms with van der Waals surface area (Å²) in [6, 6.07) is 3.99. The van der Waals surface area contributed by atoms with Crippen LogP contribution in [0, 0.1) is 18.8 Å². The normalized spacial score (nSPS) is 19.5. The van der Waals surface area contributed by atoms with Crippen molar-refractivity contribution in [1.29, 1.82) is 0 Å². The molecule has 3 unspecified atom stereocenters. The molecular weight excluding hydrogens is 891 g/mol. The molecule has 4 amide bonds. The summed E-state index contributed by atoms with van der Waals surface area (Å²) in [5, 5.41) is 20.2. The number of nitrogens with two attached hydrogens (primary N) is 1. The first-order chi connectivity index (χ1) is 31.1. The number of unbranched alkanes of at least 4 members (excludes halogenated alkanes) is 4.